The quantitative estimate of drug-likeness (QED) is 0.317. The van der Waals surface area contributed by atoms with Gasteiger partial charge in [0.1, 0.15) is 29.4 Å². The summed E-state index contributed by atoms with van der Waals surface area (Å²) in [7, 11) is 0. The van der Waals surface area contributed by atoms with E-state index in [4.69, 9.17) is 14.9 Å². The number of nitrogens with one attached hydrogen (secondary N) is 1. The Morgan fingerprint density at radius 1 is 1.21 bits per heavy atom. The average molecular weight is 447 g/mol. The fourth-order valence-corrected chi connectivity index (χ4v) is 4.85. The first kappa shape index (κ1) is 21.4. The van der Waals surface area contributed by atoms with Gasteiger partial charge in [0, 0.05) is 60.3 Å². The number of phenolic OH excluding ortho intramolecular Hbond substituents is 1. The molecule has 1 saturated heterocycles. The number of aromatic nitrogens is 1. The molecule has 8 nitrogen and oxygen atoms in total. The van der Waals surface area contributed by atoms with Crippen LogP contribution < -0.4 is 11.1 Å². The van der Waals surface area contributed by atoms with Crippen molar-refractivity contribution >= 4 is 27.7 Å². The van der Waals surface area contributed by atoms with E-state index in [9.17, 15) is 9.90 Å². The zero-order chi connectivity index (χ0) is 22.9. The number of nitrogens with two attached hydrogens (primary N) is 1. The third-order valence-electron chi connectivity index (χ3n) is 6.27. The summed E-state index contributed by atoms with van der Waals surface area (Å²) >= 11 is 0. The summed E-state index contributed by atoms with van der Waals surface area (Å²) in [6, 6.07) is 11.1. The van der Waals surface area contributed by atoms with Gasteiger partial charge in [-0.3, -0.25) is 15.6 Å². The smallest absolute Gasteiger partial charge is 0.343 e. The maximum Gasteiger partial charge on any atom is 0.343 e. The summed E-state index contributed by atoms with van der Waals surface area (Å²) in [5.74, 6) is -0.0197. The van der Waals surface area contributed by atoms with Crippen molar-refractivity contribution in [3.63, 3.8) is 0 Å². The highest BCUT2D eigenvalue weighted by Crippen LogP contribution is 2.47. The van der Waals surface area contributed by atoms with E-state index in [1.165, 1.54) is 0 Å². The lowest BCUT2D eigenvalue weighted by molar-refractivity contribution is 0.0515. The Bertz CT molecular complexity index is 1310. The number of aromatic hydroxyl groups is 1. The normalized spacial score (nSPS) is 15.7. The standard InChI is InChI=1S/C25H26N4O4/c1-15-19(25(31)32-14-26)20-21(23(30)17-4-2-3-5-18(17)24(20)33-15)22(16-6-8-27-9-7-16)29-12-10-28-11-13-29/h2-9,22,28,30H,10-14,26H2,1H3. The predicted octanol–water partition coefficient (Wildman–Crippen LogP) is 3.06. The molecule has 8 heteroatoms. The maximum absolute atomic E-state index is 13.0. The van der Waals surface area contributed by atoms with Crippen LogP contribution in [0.5, 0.6) is 5.75 Å². The van der Waals surface area contributed by atoms with Gasteiger partial charge in [-0.1, -0.05) is 24.3 Å². The lowest BCUT2D eigenvalue weighted by Crippen LogP contribution is -2.45. The summed E-state index contributed by atoms with van der Waals surface area (Å²) in [5.41, 5.74) is 7.94. The number of ether oxygens (including phenoxy) is 1. The number of aryl methyl sites for hydroxylation is 1. The van der Waals surface area contributed by atoms with Gasteiger partial charge < -0.3 is 19.6 Å². The van der Waals surface area contributed by atoms with Crippen molar-refractivity contribution in [3.05, 3.63) is 71.2 Å². The van der Waals surface area contributed by atoms with Gasteiger partial charge >= 0.3 is 5.97 Å². The molecule has 0 radical (unpaired) electrons. The maximum atomic E-state index is 13.0. The van der Waals surface area contributed by atoms with Crippen LogP contribution >= 0.6 is 0 Å². The third kappa shape index (κ3) is 3.62. The number of carbonyl (C=O) groups is 1. The van der Waals surface area contributed by atoms with Gasteiger partial charge in [-0.15, -0.1) is 0 Å². The summed E-state index contributed by atoms with van der Waals surface area (Å²) < 4.78 is 11.3. The van der Waals surface area contributed by atoms with Crippen LogP contribution in [0.3, 0.4) is 0 Å². The number of nitrogens with zero attached hydrogens (tertiary/aromatic N) is 2. The SMILES string of the molecule is Cc1oc2c(c1C(=O)OCN)c(C(c1ccncc1)N1CCNCC1)c(O)c1ccccc12. The minimum atomic E-state index is -0.571. The van der Waals surface area contributed by atoms with Crippen LogP contribution in [0.25, 0.3) is 21.7 Å². The number of fused-ring (bicyclic) bond motifs is 3. The molecule has 3 heterocycles. The molecule has 2 aromatic heterocycles. The van der Waals surface area contributed by atoms with Gasteiger partial charge in [-0.25, -0.2) is 4.79 Å². The first-order valence-corrected chi connectivity index (χ1v) is 11.0. The average Bonchev–Trinajstić information content (AvgIpc) is 3.20. The Balaban J connectivity index is 1.89. The molecule has 33 heavy (non-hydrogen) atoms. The number of hydrogen-bond donors (Lipinski definition) is 3. The van der Waals surface area contributed by atoms with Crippen molar-refractivity contribution in [1.82, 2.24) is 15.2 Å². The molecule has 0 saturated carbocycles. The van der Waals surface area contributed by atoms with Crippen molar-refractivity contribution in [2.75, 3.05) is 32.9 Å². The van der Waals surface area contributed by atoms with E-state index >= 15 is 0 Å². The van der Waals surface area contributed by atoms with E-state index < -0.39 is 5.97 Å². The first-order valence-electron chi connectivity index (χ1n) is 11.0. The van der Waals surface area contributed by atoms with Crippen molar-refractivity contribution < 1.29 is 19.1 Å². The molecular formula is C25H26N4O4. The molecule has 1 aliphatic rings. The minimum Gasteiger partial charge on any atom is -0.507 e. The van der Waals surface area contributed by atoms with Gasteiger partial charge in [-0.05, 0) is 24.6 Å². The zero-order valence-electron chi connectivity index (χ0n) is 18.4. The highest BCUT2D eigenvalue weighted by molar-refractivity contribution is 6.16. The number of phenols is 1. The highest BCUT2D eigenvalue weighted by atomic mass is 16.5. The summed E-state index contributed by atoms with van der Waals surface area (Å²) in [6.07, 6.45) is 3.48. The molecule has 170 valence electrons. The van der Waals surface area contributed by atoms with E-state index in [2.05, 4.69) is 15.2 Å². The van der Waals surface area contributed by atoms with Gasteiger partial charge in [0.15, 0.2) is 0 Å². The second kappa shape index (κ2) is 8.82. The van der Waals surface area contributed by atoms with Gasteiger partial charge in [0.05, 0.1) is 6.04 Å². The Hall–Kier alpha value is -3.46. The van der Waals surface area contributed by atoms with E-state index in [0.717, 1.165) is 37.1 Å². The van der Waals surface area contributed by atoms with Crippen LogP contribution in [0, 0.1) is 6.92 Å². The van der Waals surface area contributed by atoms with Gasteiger partial charge in [-0.2, -0.15) is 0 Å². The van der Waals surface area contributed by atoms with Crippen LogP contribution in [-0.2, 0) is 4.74 Å². The molecule has 1 fully saturated rings. The van der Waals surface area contributed by atoms with Crippen LogP contribution in [0.1, 0.15) is 33.3 Å². The second-order valence-corrected chi connectivity index (χ2v) is 8.11. The molecule has 2 aromatic carbocycles. The molecule has 0 bridgehead atoms. The number of piperazine rings is 1. The fraction of sp³-hybridized carbons (Fsp3) is 0.280. The molecule has 1 aliphatic heterocycles. The monoisotopic (exact) mass is 446 g/mol. The lowest BCUT2D eigenvalue weighted by Gasteiger charge is -2.36. The van der Waals surface area contributed by atoms with Crippen molar-refractivity contribution in [2.24, 2.45) is 5.73 Å². The fourth-order valence-electron chi connectivity index (χ4n) is 4.85. The Kier molecular flexibility index (Phi) is 5.72. The molecule has 4 N–H and O–H groups in total. The van der Waals surface area contributed by atoms with Gasteiger partial charge in [0.25, 0.3) is 0 Å². The molecular weight excluding hydrogens is 420 g/mol. The van der Waals surface area contributed by atoms with E-state index in [-0.39, 0.29) is 18.5 Å². The molecule has 5 rings (SSSR count). The number of furan rings is 1. The third-order valence-corrected chi connectivity index (χ3v) is 6.27. The van der Waals surface area contributed by atoms with E-state index in [1.54, 1.807) is 19.3 Å². The van der Waals surface area contributed by atoms with Crippen molar-refractivity contribution in [3.8, 4) is 5.75 Å². The number of hydrogen-bond acceptors (Lipinski definition) is 8. The molecule has 0 spiro atoms. The molecule has 1 atom stereocenters. The summed E-state index contributed by atoms with van der Waals surface area (Å²) in [5, 5.41) is 17.0. The van der Waals surface area contributed by atoms with E-state index in [0.29, 0.717) is 33.2 Å². The summed E-state index contributed by atoms with van der Waals surface area (Å²) in [4.78, 5) is 19.5. The lowest BCUT2D eigenvalue weighted by atomic mass is 9.89. The number of carbonyl (C=O) groups excluding carboxylic acids is 1. The number of pyridine rings is 1. The Labute approximate surface area is 190 Å². The number of esters is 1. The molecule has 4 aromatic rings. The summed E-state index contributed by atoms with van der Waals surface area (Å²) in [6.45, 7) is 4.69. The predicted molar refractivity (Wildman–Crippen MR) is 125 cm³/mol. The highest BCUT2D eigenvalue weighted by Gasteiger charge is 2.34. The van der Waals surface area contributed by atoms with Crippen molar-refractivity contribution in [1.29, 1.82) is 0 Å². The van der Waals surface area contributed by atoms with Crippen LogP contribution in [0.2, 0.25) is 0 Å². The van der Waals surface area contributed by atoms with Gasteiger partial charge in [0.2, 0.25) is 0 Å². The Morgan fingerprint density at radius 3 is 2.61 bits per heavy atom. The van der Waals surface area contributed by atoms with Crippen LogP contribution in [0.4, 0.5) is 0 Å². The number of rotatable bonds is 5. The van der Waals surface area contributed by atoms with Crippen LogP contribution in [-0.4, -0.2) is 53.9 Å². The second-order valence-electron chi connectivity index (χ2n) is 8.11. The van der Waals surface area contributed by atoms with Crippen molar-refractivity contribution in [2.45, 2.75) is 13.0 Å². The Morgan fingerprint density at radius 2 is 1.91 bits per heavy atom. The number of benzene rings is 2. The largest absolute Gasteiger partial charge is 0.507 e. The van der Waals surface area contributed by atoms with E-state index in [1.807, 2.05) is 36.4 Å². The molecule has 0 aliphatic carbocycles. The molecule has 0 amide bonds. The van der Waals surface area contributed by atoms with Crippen LogP contribution in [0.15, 0.2) is 53.2 Å². The zero-order valence-corrected chi connectivity index (χ0v) is 18.4. The first-order chi connectivity index (χ1) is 16.1. The minimum absolute atomic E-state index is 0.126. The molecule has 1 unspecified atom stereocenters. The topological polar surface area (TPSA) is 114 Å².